The zero-order valence-corrected chi connectivity index (χ0v) is 17.4. The van der Waals surface area contributed by atoms with Crippen molar-refractivity contribution in [3.8, 4) is 0 Å². The van der Waals surface area contributed by atoms with E-state index in [2.05, 4.69) is 43.0 Å². The molecule has 1 aromatic heterocycles. The largest absolute Gasteiger partial charge is 0.356 e. The lowest BCUT2D eigenvalue weighted by Crippen LogP contribution is -2.34. The van der Waals surface area contributed by atoms with Gasteiger partial charge < -0.3 is 10.2 Å². The Hall–Kier alpha value is -1.60. The first-order valence-electron chi connectivity index (χ1n) is 8.77. The molecule has 1 amide bonds. The minimum atomic E-state index is -0.0497. The van der Waals surface area contributed by atoms with Gasteiger partial charge in [0.2, 0.25) is 5.91 Å². The number of hydrogen-bond acceptors (Lipinski definition) is 5. The Kier molecular flexibility index (Phi) is 6.53. The van der Waals surface area contributed by atoms with Crippen LogP contribution in [0.5, 0.6) is 0 Å². The van der Waals surface area contributed by atoms with E-state index in [0.717, 1.165) is 39.7 Å². The van der Waals surface area contributed by atoms with Crippen molar-refractivity contribution in [3.63, 3.8) is 0 Å². The van der Waals surface area contributed by atoms with Crippen molar-refractivity contribution < 1.29 is 4.79 Å². The van der Waals surface area contributed by atoms with E-state index in [1.54, 1.807) is 6.33 Å². The Morgan fingerprint density at radius 1 is 1.38 bits per heavy atom. The van der Waals surface area contributed by atoms with Crippen LogP contribution < -0.4 is 10.2 Å². The number of benzene rings is 1. The Morgan fingerprint density at radius 3 is 3.00 bits per heavy atom. The molecule has 1 fully saturated rings. The van der Waals surface area contributed by atoms with Crippen LogP contribution in [-0.2, 0) is 4.79 Å². The van der Waals surface area contributed by atoms with Crippen LogP contribution in [0.4, 0.5) is 11.5 Å². The van der Waals surface area contributed by atoms with Gasteiger partial charge in [-0.15, -0.1) is 0 Å². The molecule has 1 N–H and O–H groups in total. The Balaban J connectivity index is 1.57. The molecule has 1 aliphatic rings. The highest BCUT2D eigenvalue weighted by molar-refractivity contribution is 9.10. The van der Waals surface area contributed by atoms with E-state index in [4.69, 9.17) is 0 Å². The zero-order valence-electron chi connectivity index (χ0n) is 15.0. The van der Waals surface area contributed by atoms with Gasteiger partial charge in [-0.1, -0.05) is 24.8 Å². The number of halogens is 1. The average Bonchev–Trinajstić information content (AvgIpc) is 2.63. The summed E-state index contributed by atoms with van der Waals surface area (Å²) in [5, 5.41) is 3.76. The SMILES string of the molecule is Cc1ccc(NC(=O)CSc2cc(N3CCC[C@@H](C)C3)ncn2)c(Br)c1. The molecule has 7 heteroatoms. The first-order valence-corrected chi connectivity index (χ1v) is 10.5. The number of nitrogens with zero attached hydrogens (tertiary/aromatic N) is 3. The number of nitrogens with one attached hydrogen (secondary N) is 1. The van der Waals surface area contributed by atoms with Crippen LogP contribution in [0.1, 0.15) is 25.3 Å². The lowest BCUT2D eigenvalue weighted by atomic mass is 10.0. The number of carbonyl (C=O) groups excluding carboxylic acids is 1. The molecule has 0 aliphatic carbocycles. The van der Waals surface area contributed by atoms with E-state index < -0.39 is 0 Å². The highest BCUT2D eigenvalue weighted by Crippen LogP contribution is 2.26. The summed E-state index contributed by atoms with van der Waals surface area (Å²) in [5.74, 6) is 1.91. The fourth-order valence-electron chi connectivity index (χ4n) is 3.03. The van der Waals surface area contributed by atoms with Gasteiger partial charge in [0.05, 0.1) is 11.4 Å². The minimum Gasteiger partial charge on any atom is -0.356 e. The molecule has 0 bridgehead atoms. The predicted molar refractivity (Wildman–Crippen MR) is 111 cm³/mol. The van der Waals surface area contributed by atoms with Crippen molar-refractivity contribution in [1.82, 2.24) is 9.97 Å². The lowest BCUT2D eigenvalue weighted by molar-refractivity contribution is -0.113. The number of carbonyl (C=O) groups is 1. The quantitative estimate of drug-likeness (QED) is 0.553. The number of aromatic nitrogens is 2. The highest BCUT2D eigenvalue weighted by atomic mass is 79.9. The summed E-state index contributed by atoms with van der Waals surface area (Å²) in [5.41, 5.74) is 1.93. The third kappa shape index (κ3) is 5.20. The summed E-state index contributed by atoms with van der Waals surface area (Å²) in [6.45, 7) is 6.36. The lowest BCUT2D eigenvalue weighted by Gasteiger charge is -2.31. The number of anilines is 2. The van der Waals surface area contributed by atoms with E-state index in [1.165, 1.54) is 24.6 Å². The molecule has 0 spiro atoms. The van der Waals surface area contributed by atoms with Gasteiger partial charge in [-0.3, -0.25) is 4.79 Å². The molecule has 1 aliphatic heterocycles. The van der Waals surface area contributed by atoms with Gasteiger partial charge >= 0.3 is 0 Å². The number of piperidine rings is 1. The van der Waals surface area contributed by atoms with Crippen LogP contribution in [0.2, 0.25) is 0 Å². The standard InChI is InChI=1S/C19H23BrN4OS/c1-13-5-6-16(15(20)8-13)23-18(25)11-26-19-9-17(21-12-22-19)24-7-3-4-14(2)10-24/h5-6,8-9,12,14H,3-4,7,10-11H2,1-2H3,(H,23,25)/t14-/m1/s1. The Labute approximate surface area is 167 Å². The van der Waals surface area contributed by atoms with E-state index in [1.807, 2.05) is 31.2 Å². The summed E-state index contributed by atoms with van der Waals surface area (Å²) in [4.78, 5) is 23.3. The van der Waals surface area contributed by atoms with E-state index in [0.29, 0.717) is 11.7 Å². The molecule has 5 nitrogen and oxygen atoms in total. The van der Waals surface area contributed by atoms with Crippen LogP contribution in [0.25, 0.3) is 0 Å². The van der Waals surface area contributed by atoms with E-state index >= 15 is 0 Å². The summed E-state index contributed by atoms with van der Waals surface area (Å²) in [6, 6.07) is 7.85. The molecule has 138 valence electrons. The van der Waals surface area contributed by atoms with Gasteiger partial charge in [-0.2, -0.15) is 0 Å². The molecule has 2 aromatic rings. The third-order valence-electron chi connectivity index (χ3n) is 4.36. The number of thioether (sulfide) groups is 1. The third-order valence-corrected chi connectivity index (χ3v) is 5.94. The van der Waals surface area contributed by atoms with Crippen LogP contribution in [0, 0.1) is 12.8 Å². The second kappa shape index (κ2) is 8.86. The van der Waals surface area contributed by atoms with Gasteiger partial charge in [0.15, 0.2) is 0 Å². The fraction of sp³-hybridized carbons (Fsp3) is 0.421. The maximum Gasteiger partial charge on any atom is 0.234 e. The van der Waals surface area contributed by atoms with Crippen molar-refractivity contribution in [2.75, 3.05) is 29.1 Å². The Bertz CT molecular complexity index is 786. The first kappa shape index (κ1) is 19.2. The van der Waals surface area contributed by atoms with Gasteiger partial charge in [0.25, 0.3) is 0 Å². The average molecular weight is 435 g/mol. The summed E-state index contributed by atoms with van der Waals surface area (Å²) >= 11 is 4.91. The zero-order chi connectivity index (χ0) is 18.5. The fourth-order valence-corrected chi connectivity index (χ4v) is 4.28. The normalized spacial score (nSPS) is 17.2. The monoisotopic (exact) mass is 434 g/mol. The number of aryl methyl sites for hydroxylation is 1. The number of amides is 1. The van der Waals surface area contributed by atoms with E-state index in [-0.39, 0.29) is 5.91 Å². The van der Waals surface area contributed by atoms with Gasteiger partial charge in [-0.05, 0) is 59.3 Å². The maximum absolute atomic E-state index is 12.2. The molecule has 1 saturated heterocycles. The number of rotatable bonds is 5. The predicted octanol–water partition coefficient (Wildman–Crippen LogP) is 4.51. The molecule has 0 radical (unpaired) electrons. The van der Waals surface area contributed by atoms with Crippen molar-refractivity contribution in [3.05, 3.63) is 40.6 Å². The van der Waals surface area contributed by atoms with Crippen molar-refractivity contribution in [2.45, 2.75) is 31.7 Å². The topological polar surface area (TPSA) is 58.1 Å². The van der Waals surface area contributed by atoms with Crippen LogP contribution in [-0.4, -0.2) is 34.7 Å². The minimum absolute atomic E-state index is 0.0497. The van der Waals surface area contributed by atoms with Crippen molar-refractivity contribution in [2.24, 2.45) is 5.92 Å². The van der Waals surface area contributed by atoms with Crippen LogP contribution in [0.3, 0.4) is 0 Å². The molecule has 2 heterocycles. The van der Waals surface area contributed by atoms with Crippen molar-refractivity contribution in [1.29, 1.82) is 0 Å². The molecular formula is C19H23BrN4OS. The van der Waals surface area contributed by atoms with Crippen LogP contribution >= 0.6 is 27.7 Å². The Morgan fingerprint density at radius 2 is 2.23 bits per heavy atom. The molecule has 0 unspecified atom stereocenters. The van der Waals surface area contributed by atoms with Crippen LogP contribution in [0.15, 0.2) is 40.1 Å². The molecule has 26 heavy (non-hydrogen) atoms. The van der Waals surface area contributed by atoms with Gasteiger partial charge in [-0.25, -0.2) is 9.97 Å². The molecule has 1 aromatic carbocycles. The molecular weight excluding hydrogens is 412 g/mol. The summed E-state index contributed by atoms with van der Waals surface area (Å²) in [6.07, 6.45) is 4.06. The molecule has 0 saturated carbocycles. The second-order valence-corrected chi connectivity index (χ2v) is 8.58. The summed E-state index contributed by atoms with van der Waals surface area (Å²) < 4.78 is 0.888. The van der Waals surface area contributed by atoms with Gasteiger partial charge in [0, 0.05) is 23.6 Å². The second-order valence-electron chi connectivity index (χ2n) is 6.73. The van der Waals surface area contributed by atoms with E-state index in [9.17, 15) is 4.79 Å². The van der Waals surface area contributed by atoms with Crippen molar-refractivity contribution >= 4 is 45.1 Å². The first-order chi connectivity index (χ1) is 12.5. The number of hydrogen-bond donors (Lipinski definition) is 1. The molecule has 3 rings (SSSR count). The smallest absolute Gasteiger partial charge is 0.234 e. The molecule has 1 atom stereocenters. The summed E-state index contributed by atoms with van der Waals surface area (Å²) in [7, 11) is 0. The maximum atomic E-state index is 12.2. The van der Waals surface area contributed by atoms with Gasteiger partial charge in [0.1, 0.15) is 17.2 Å². The highest BCUT2D eigenvalue weighted by Gasteiger charge is 2.18.